The summed E-state index contributed by atoms with van der Waals surface area (Å²) >= 11 is 0. The van der Waals surface area contributed by atoms with E-state index in [0.29, 0.717) is 29.9 Å². The lowest BCUT2D eigenvalue weighted by Gasteiger charge is -2.13. The summed E-state index contributed by atoms with van der Waals surface area (Å²) in [5.41, 5.74) is 2.16. The fourth-order valence-electron chi connectivity index (χ4n) is 3.64. The van der Waals surface area contributed by atoms with E-state index in [4.69, 9.17) is 9.84 Å². The van der Waals surface area contributed by atoms with Gasteiger partial charge in [0, 0.05) is 31.8 Å². The summed E-state index contributed by atoms with van der Waals surface area (Å²) in [6, 6.07) is 13.0. The minimum Gasteiger partial charge on any atom is -0.396 e. The number of anilines is 1. The van der Waals surface area contributed by atoms with Gasteiger partial charge in [-0.2, -0.15) is 13.2 Å². The normalized spacial score (nSPS) is 14.1. The molecule has 1 saturated heterocycles. The molecule has 0 unspecified atom stereocenters. The molecular formula is C24H26F3N5O2. The molecule has 0 atom stereocenters. The minimum atomic E-state index is -4.45. The van der Waals surface area contributed by atoms with Crippen LogP contribution in [0.1, 0.15) is 12.0 Å². The molecule has 1 fully saturated rings. The van der Waals surface area contributed by atoms with E-state index < -0.39 is 11.7 Å². The van der Waals surface area contributed by atoms with Crippen LogP contribution >= 0.6 is 0 Å². The number of alkyl halides is 3. The van der Waals surface area contributed by atoms with Gasteiger partial charge in [-0.15, -0.1) is 0 Å². The average Bonchev–Trinajstić information content (AvgIpc) is 3.31. The Kier molecular flexibility index (Phi) is 7.61. The van der Waals surface area contributed by atoms with Crippen LogP contribution in [0.4, 0.5) is 19.0 Å². The Labute approximate surface area is 194 Å². The fraction of sp³-hybridized carbons (Fsp3) is 0.333. The molecule has 3 N–H and O–H groups in total. The van der Waals surface area contributed by atoms with Crippen molar-refractivity contribution in [2.75, 3.05) is 44.8 Å². The summed E-state index contributed by atoms with van der Waals surface area (Å²) in [6.07, 6.45) is -2.28. The quantitative estimate of drug-likeness (QED) is 0.381. The zero-order chi connectivity index (χ0) is 24.0. The van der Waals surface area contributed by atoms with Crippen LogP contribution in [-0.4, -0.2) is 58.9 Å². The fourth-order valence-corrected chi connectivity index (χ4v) is 3.64. The van der Waals surface area contributed by atoms with Crippen LogP contribution in [0, 0.1) is 0 Å². The van der Waals surface area contributed by atoms with Crippen molar-refractivity contribution in [2.45, 2.75) is 12.6 Å². The van der Waals surface area contributed by atoms with Gasteiger partial charge in [0.2, 0.25) is 0 Å². The number of halogens is 3. The number of hydrogen-bond donors (Lipinski definition) is 3. The maximum absolute atomic E-state index is 13.2. The van der Waals surface area contributed by atoms with Crippen LogP contribution < -0.4 is 10.6 Å². The first-order valence-corrected chi connectivity index (χ1v) is 11.1. The number of rotatable bonds is 5. The van der Waals surface area contributed by atoms with Crippen molar-refractivity contribution in [3.63, 3.8) is 0 Å². The Bertz CT molecular complexity index is 1210. The zero-order valence-corrected chi connectivity index (χ0v) is 18.5. The molecule has 2 aromatic heterocycles. The van der Waals surface area contributed by atoms with Gasteiger partial charge in [-0.05, 0) is 24.6 Å². The highest BCUT2D eigenvalue weighted by molar-refractivity contribution is 5.86. The first kappa shape index (κ1) is 23.9. The minimum absolute atomic E-state index is 0.00120. The van der Waals surface area contributed by atoms with Gasteiger partial charge in [-0.25, -0.2) is 9.97 Å². The number of fused-ring (bicyclic) bond motifs is 3. The van der Waals surface area contributed by atoms with Crippen LogP contribution in [0.2, 0.25) is 0 Å². The van der Waals surface area contributed by atoms with Gasteiger partial charge in [0.1, 0.15) is 0 Å². The lowest BCUT2D eigenvalue weighted by Crippen LogP contribution is -2.30. The van der Waals surface area contributed by atoms with Gasteiger partial charge in [0.05, 0.1) is 41.7 Å². The summed E-state index contributed by atoms with van der Waals surface area (Å²) in [7, 11) is 0. The number of morpholine rings is 1. The lowest BCUT2D eigenvalue weighted by molar-refractivity contribution is -0.137. The van der Waals surface area contributed by atoms with E-state index in [2.05, 4.69) is 20.6 Å². The van der Waals surface area contributed by atoms with Crippen molar-refractivity contribution in [3.05, 3.63) is 60.3 Å². The van der Waals surface area contributed by atoms with E-state index in [0.717, 1.165) is 49.7 Å². The van der Waals surface area contributed by atoms with E-state index in [1.54, 1.807) is 10.6 Å². The molecule has 10 heteroatoms. The summed E-state index contributed by atoms with van der Waals surface area (Å²) in [4.78, 5) is 8.83. The molecule has 0 spiro atoms. The molecule has 0 bridgehead atoms. The van der Waals surface area contributed by atoms with Crippen molar-refractivity contribution in [3.8, 4) is 11.3 Å². The van der Waals surface area contributed by atoms with E-state index in [1.165, 1.54) is 6.07 Å². The second-order valence-corrected chi connectivity index (χ2v) is 7.70. The molecule has 2 aromatic carbocycles. The maximum atomic E-state index is 13.2. The van der Waals surface area contributed by atoms with Crippen molar-refractivity contribution in [1.82, 2.24) is 19.7 Å². The topological polar surface area (TPSA) is 83.7 Å². The summed E-state index contributed by atoms with van der Waals surface area (Å²) in [5.74, 6) is 0.377. The molecule has 5 rings (SSSR count). The molecule has 0 aliphatic carbocycles. The number of aromatic nitrogens is 3. The highest BCUT2D eigenvalue weighted by atomic mass is 19.4. The molecule has 0 saturated carbocycles. The molecule has 0 radical (unpaired) electrons. The Morgan fingerprint density at radius 1 is 1.09 bits per heavy atom. The van der Waals surface area contributed by atoms with E-state index in [-0.39, 0.29) is 12.1 Å². The number of hydrogen-bond acceptors (Lipinski definition) is 6. The molecule has 180 valence electrons. The lowest BCUT2D eigenvalue weighted by atomic mass is 10.1. The molecule has 1 aliphatic heterocycles. The Morgan fingerprint density at radius 2 is 1.85 bits per heavy atom. The molecule has 4 aromatic rings. The second kappa shape index (κ2) is 10.8. The molecule has 3 heterocycles. The predicted molar refractivity (Wildman–Crippen MR) is 125 cm³/mol. The first-order chi connectivity index (χ1) is 16.5. The van der Waals surface area contributed by atoms with E-state index >= 15 is 0 Å². The number of aliphatic hydroxyl groups excluding tert-OH is 1. The van der Waals surface area contributed by atoms with E-state index in [1.807, 2.05) is 30.3 Å². The third-order valence-corrected chi connectivity index (χ3v) is 5.29. The van der Waals surface area contributed by atoms with Crippen LogP contribution in [0.3, 0.4) is 0 Å². The number of imidazole rings is 1. The van der Waals surface area contributed by atoms with Crippen molar-refractivity contribution in [1.29, 1.82) is 0 Å². The molecular weight excluding hydrogens is 447 g/mol. The third kappa shape index (κ3) is 5.46. The number of benzene rings is 2. The molecule has 34 heavy (non-hydrogen) atoms. The van der Waals surface area contributed by atoms with Gasteiger partial charge in [0.25, 0.3) is 0 Å². The van der Waals surface area contributed by atoms with Crippen molar-refractivity contribution < 1.29 is 23.0 Å². The summed E-state index contributed by atoms with van der Waals surface area (Å²) in [5, 5.41) is 15.2. The monoisotopic (exact) mass is 473 g/mol. The number of ether oxygens (including phenoxy) is 1. The van der Waals surface area contributed by atoms with Gasteiger partial charge in [-0.3, -0.25) is 4.40 Å². The van der Waals surface area contributed by atoms with Gasteiger partial charge in [0.15, 0.2) is 11.5 Å². The zero-order valence-electron chi connectivity index (χ0n) is 18.5. The number of aliphatic hydroxyl groups is 1. The van der Waals surface area contributed by atoms with Gasteiger partial charge < -0.3 is 20.5 Å². The summed E-state index contributed by atoms with van der Waals surface area (Å²) in [6.45, 7) is 4.26. The third-order valence-electron chi connectivity index (χ3n) is 5.29. The van der Waals surface area contributed by atoms with Gasteiger partial charge in [-0.1, -0.05) is 30.3 Å². The van der Waals surface area contributed by atoms with Crippen LogP contribution in [0.5, 0.6) is 0 Å². The van der Waals surface area contributed by atoms with Crippen LogP contribution in [-0.2, 0) is 10.9 Å². The van der Waals surface area contributed by atoms with Gasteiger partial charge >= 0.3 is 6.18 Å². The van der Waals surface area contributed by atoms with Crippen molar-refractivity contribution >= 4 is 22.5 Å². The maximum Gasteiger partial charge on any atom is 0.416 e. The van der Waals surface area contributed by atoms with Crippen LogP contribution in [0.15, 0.2) is 54.7 Å². The first-order valence-electron chi connectivity index (χ1n) is 11.1. The largest absolute Gasteiger partial charge is 0.416 e. The number of nitrogens with zero attached hydrogens (tertiary/aromatic N) is 3. The molecule has 0 amide bonds. The van der Waals surface area contributed by atoms with Crippen molar-refractivity contribution in [2.24, 2.45) is 0 Å². The highest BCUT2D eigenvalue weighted by Crippen LogP contribution is 2.33. The predicted octanol–water partition coefficient (Wildman–Crippen LogP) is 3.97. The summed E-state index contributed by atoms with van der Waals surface area (Å²) < 4.78 is 46.3. The number of nitrogens with one attached hydrogen (secondary N) is 2. The Hall–Kier alpha value is -3.21. The van der Waals surface area contributed by atoms with Crippen LogP contribution in [0.25, 0.3) is 27.9 Å². The smallest absolute Gasteiger partial charge is 0.396 e. The SMILES string of the molecule is C1COCCN1.OCCCNc1nc2cc(C(F)(F)F)ccc2n2c(-c3ccccc3)cnc12. The molecule has 1 aliphatic rings. The standard InChI is InChI=1S/C20H17F3N4O.C4H9NO/c21-20(22,23)14-7-8-16-15(11-14)26-18(24-9-4-10-28)19-25-12-17(27(16)19)13-5-2-1-3-6-13;1-3-6-4-2-5-1/h1-3,5-8,11-12,28H,4,9-10H2,(H,24,26);5H,1-4H2. The average molecular weight is 473 g/mol. The molecule has 7 nitrogen and oxygen atoms in total. The highest BCUT2D eigenvalue weighted by Gasteiger charge is 2.31. The van der Waals surface area contributed by atoms with E-state index in [9.17, 15) is 13.2 Å². The Morgan fingerprint density at radius 3 is 2.47 bits per heavy atom. The second-order valence-electron chi connectivity index (χ2n) is 7.70. The Balaban J connectivity index is 0.000000398.